The standard InChI is InChI=1S/C17H15Cl2FN2O5S/c18-11-2-1-3-14(16(11)22-4-6-27-7-5-22)21-28(25,26)15-8-10(17(23)24)13(20)9-12(15)19/h1-3,8-9,21H,4-7H2,(H,23,24). The topological polar surface area (TPSA) is 95.9 Å². The van der Waals surface area contributed by atoms with E-state index in [9.17, 15) is 17.6 Å². The van der Waals surface area contributed by atoms with Crippen LogP contribution in [0, 0.1) is 5.82 Å². The van der Waals surface area contributed by atoms with E-state index in [4.69, 9.17) is 33.0 Å². The van der Waals surface area contributed by atoms with E-state index >= 15 is 0 Å². The number of nitrogens with zero attached hydrogens (tertiary/aromatic N) is 1. The van der Waals surface area contributed by atoms with Crippen LogP contribution in [-0.4, -0.2) is 45.8 Å². The number of hydrogen-bond acceptors (Lipinski definition) is 5. The largest absolute Gasteiger partial charge is 0.478 e. The second-order valence-corrected chi connectivity index (χ2v) is 8.37. The molecule has 0 saturated carbocycles. The third kappa shape index (κ3) is 4.17. The average molecular weight is 449 g/mol. The van der Waals surface area contributed by atoms with E-state index in [1.54, 1.807) is 12.1 Å². The van der Waals surface area contributed by atoms with E-state index in [0.717, 1.165) is 0 Å². The summed E-state index contributed by atoms with van der Waals surface area (Å²) in [6.45, 7) is 1.95. The SMILES string of the molecule is O=C(O)c1cc(S(=O)(=O)Nc2cccc(Cl)c2N2CCOCC2)c(Cl)cc1F. The summed E-state index contributed by atoms with van der Waals surface area (Å²) in [6, 6.07) is 6.04. The Bertz CT molecular complexity index is 1030. The number of morpholine rings is 1. The van der Waals surface area contributed by atoms with Crippen LogP contribution in [-0.2, 0) is 14.8 Å². The van der Waals surface area contributed by atoms with Gasteiger partial charge in [-0.1, -0.05) is 29.3 Å². The van der Waals surface area contributed by atoms with Crippen LogP contribution in [0.4, 0.5) is 15.8 Å². The van der Waals surface area contributed by atoms with Crippen LogP contribution in [0.2, 0.25) is 10.0 Å². The molecule has 0 radical (unpaired) electrons. The van der Waals surface area contributed by atoms with Crippen LogP contribution in [0.1, 0.15) is 10.4 Å². The Hall–Kier alpha value is -2.07. The van der Waals surface area contributed by atoms with Gasteiger partial charge in [-0.2, -0.15) is 0 Å². The molecule has 0 aromatic heterocycles. The number of anilines is 2. The molecule has 2 aromatic carbocycles. The first-order chi connectivity index (χ1) is 13.2. The number of carbonyl (C=O) groups is 1. The first kappa shape index (κ1) is 20.7. The maximum absolute atomic E-state index is 13.7. The van der Waals surface area contributed by atoms with E-state index in [0.29, 0.717) is 49.1 Å². The van der Waals surface area contributed by atoms with Gasteiger partial charge in [0.05, 0.1) is 40.2 Å². The molecular weight excluding hydrogens is 434 g/mol. The molecule has 0 spiro atoms. The van der Waals surface area contributed by atoms with E-state index in [1.165, 1.54) is 6.07 Å². The summed E-state index contributed by atoms with van der Waals surface area (Å²) < 4.78 is 47.1. The van der Waals surface area contributed by atoms with Crippen molar-refractivity contribution in [2.24, 2.45) is 0 Å². The van der Waals surface area contributed by atoms with Gasteiger partial charge in [-0.25, -0.2) is 17.6 Å². The molecule has 0 amide bonds. The van der Waals surface area contributed by atoms with Gasteiger partial charge >= 0.3 is 5.97 Å². The van der Waals surface area contributed by atoms with Crippen molar-refractivity contribution in [1.29, 1.82) is 0 Å². The van der Waals surface area contributed by atoms with Crippen LogP contribution in [0.3, 0.4) is 0 Å². The van der Waals surface area contributed by atoms with Crippen molar-refractivity contribution >= 4 is 50.6 Å². The second kappa shape index (κ2) is 8.12. The van der Waals surface area contributed by atoms with Gasteiger partial charge in [0.2, 0.25) is 0 Å². The maximum atomic E-state index is 13.7. The number of rotatable bonds is 5. The van der Waals surface area contributed by atoms with Crippen LogP contribution in [0.25, 0.3) is 0 Å². The first-order valence-corrected chi connectivity index (χ1v) is 10.3. The Kier molecular flexibility index (Phi) is 5.99. The predicted octanol–water partition coefficient (Wildman–Crippen LogP) is 3.47. The molecule has 1 fully saturated rings. The molecule has 28 heavy (non-hydrogen) atoms. The molecule has 1 heterocycles. The minimum absolute atomic E-state index is 0.187. The highest BCUT2D eigenvalue weighted by atomic mass is 35.5. The molecule has 150 valence electrons. The Morgan fingerprint density at radius 1 is 1.18 bits per heavy atom. The smallest absolute Gasteiger partial charge is 0.338 e. The molecule has 0 atom stereocenters. The van der Waals surface area contributed by atoms with Gasteiger partial charge in [0.1, 0.15) is 10.7 Å². The molecule has 3 rings (SSSR count). The normalized spacial score (nSPS) is 14.8. The molecule has 11 heteroatoms. The molecule has 7 nitrogen and oxygen atoms in total. The molecule has 1 saturated heterocycles. The first-order valence-electron chi connectivity index (χ1n) is 8.07. The van der Waals surface area contributed by atoms with Crippen molar-refractivity contribution in [1.82, 2.24) is 0 Å². The van der Waals surface area contributed by atoms with Crippen LogP contribution in [0.15, 0.2) is 35.2 Å². The highest BCUT2D eigenvalue weighted by molar-refractivity contribution is 7.92. The fourth-order valence-electron chi connectivity index (χ4n) is 2.80. The summed E-state index contributed by atoms with van der Waals surface area (Å²) >= 11 is 12.2. The highest BCUT2D eigenvalue weighted by Crippen LogP contribution is 2.36. The number of carboxylic acid groups (broad SMARTS) is 1. The zero-order chi connectivity index (χ0) is 20.5. The summed E-state index contributed by atoms with van der Waals surface area (Å²) in [4.78, 5) is 12.5. The number of aromatic carboxylic acids is 1. The minimum Gasteiger partial charge on any atom is -0.478 e. The average Bonchev–Trinajstić information content (AvgIpc) is 2.61. The van der Waals surface area contributed by atoms with Gasteiger partial charge in [-0.05, 0) is 24.3 Å². The fourth-order valence-corrected chi connectivity index (χ4v) is 4.71. The van der Waals surface area contributed by atoms with E-state index in [2.05, 4.69) is 4.72 Å². The maximum Gasteiger partial charge on any atom is 0.338 e. The number of benzene rings is 2. The number of hydrogen-bond donors (Lipinski definition) is 2. The third-order valence-corrected chi connectivity index (χ3v) is 6.24. The number of halogens is 3. The Morgan fingerprint density at radius 2 is 1.86 bits per heavy atom. The summed E-state index contributed by atoms with van der Waals surface area (Å²) in [5.74, 6) is -2.74. The summed E-state index contributed by atoms with van der Waals surface area (Å²) in [6.07, 6.45) is 0. The molecule has 1 aliphatic heterocycles. The lowest BCUT2D eigenvalue weighted by atomic mass is 10.2. The Labute approximate surface area is 170 Å². The van der Waals surface area contributed by atoms with E-state index in [-0.39, 0.29) is 5.69 Å². The van der Waals surface area contributed by atoms with Crippen molar-refractivity contribution in [3.63, 3.8) is 0 Å². The highest BCUT2D eigenvalue weighted by Gasteiger charge is 2.26. The zero-order valence-corrected chi connectivity index (χ0v) is 16.6. The van der Waals surface area contributed by atoms with Gasteiger partial charge in [0, 0.05) is 13.1 Å². The number of nitrogens with one attached hydrogen (secondary N) is 1. The minimum atomic E-state index is -4.32. The van der Waals surface area contributed by atoms with E-state index in [1.807, 2.05) is 4.90 Å². The number of carboxylic acids is 1. The molecule has 1 aliphatic rings. The Morgan fingerprint density at radius 3 is 2.50 bits per heavy atom. The lowest BCUT2D eigenvalue weighted by molar-refractivity contribution is 0.0691. The van der Waals surface area contributed by atoms with Crippen LogP contribution >= 0.6 is 23.2 Å². The third-order valence-electron chi connectivity index (χ3n) is 4.10. The number of ether oxygens (including phenoxy) is 1. The van der Waals surface area contributed by atoms with Crippen LogP contribution in [0.5, 0.6) is 0 Å². The zero-order valence-electron chi connectivity index (χ0n) is 14.3. The molecule has 2 aromatic rings. The lowest BCUT2D eigenvalue weighted by Gasteiger charge is -2.31. The van der Waals surface area contributed by atoms with Gasteiger partial charge < -0.3 is 14.7 Å². The van der Waals surface area contributed by atoms with Crippen LogP contribution < -0.4 is 9.62 Å². The quantitative estimate of drug-likeness (QED) is 0.726. The summed E-state index contributed by atoms with van der Waals surface area (Å²) in [7, 11) is -4.32. The number of para-hydroxylation sites is 1. The molecule has 0 unspecified atom stereocenters. The molecule has 0 aliphatic carbocycles. The predicted molar refractivity (Wildman–Crippen MR) is 104 cm³/mol. The Balaban J connectivity index is 2.03. The van der Waals surface area contributed by atoms with Crippen molar-refractivity contribution in [2.75, 3.05) is 35.9 Å². The van der Waals surface area contributed by atoms with Gasteiger partial charge in [-0.3, -0.25) is 4.72 Å². The van der Waals surface area contributed by atoms with E-state index < -0.39 is 37.3 Å². The van der Waals surface area contributed by atoms with Crippen molar-refractivity contribution in [3.8, 4) is 0 Å². The monoisotopic (exact) mass is 448 g/mol. The van der Waals surface area contributed by atoms with Crippen molar-refractivity contribution in [2.45, 2.75) is 4.90 Å². The molecule has 2 N–H and O–H groups in total. The summed E-state index contributed by atoms with van der Waals surface area (Å²) in [5, 5.41) is 8.94. The molecule has 0 bridgehead atoms. The lowest BCUT2D eigenvalue weighted by Crippen LogP contribution is -2.37. The van der Waals surface area contributed by atoms with Crippen molar-refractivity contribution < 1.29 is 27.4 Å². The van der Waals surface area contributed by atoms with Crippen molar-refractivity contribution in [3.05, 3.63) is 51.8 Å². The van der Waals surface area contributed by atoms with Gasteiger partial charge in [0.15, 0.2) is 0 Å². The van der Waals surface area contributed by atoms with Gasteiger partial charge in [-0.15, -0.1) is 0 Å². The van der Waals surface area contributed by atoms with Gasteiger partial charge in [0.25, 0.3) is 10.0 Å². The fraction of sp³-hybridized carbons (Fsp3) is 0.235. The summed E-state index contributed by atoms with van der Waals surface area (Å²) in [5.41, 5.74) is -0.149. The second-order valence-electron chi connectivity index (χ2n) is 5.91. The number of sulfonamides is 1. The molecular formula is C17H15Cl2FN2O5S.